The zero-order valence-corrected chi connectivity index (χ0v) is 27.1. The monoisotopic (exact) mass is 632 g/mol. The van der Waals surface area contributed by atoms with Crippen LogP contribution in [0.5, 0.6) is 0 Å². The fourth-order valence-corrected chi connectivity index (χ4v) is 6.22. The molecule has 0 saturated heterocycles. The van der Waals surface area contributed by atoms with Crippen molar-refractivity contribution in [3.05, 3.63) is 102 Å². The topological polar surface area (TPSA) is 117 Å². The van der Waals surface area contributed by atoms with Gasteiger partial charge in [-0.15, -0.1) is 0 Å². The Morgan fingerprint density at radius 2 is 1.32 bits per heavy atom. The lowest BCUT2D eigenvalue weighted by molar-refractivity contribution is 0.0596. The number of hydrogen-bond donors (Lipinski definition) is 2. The molecule has 0 bridgehead atoms. The standard InChI is InChI=1S/C25H33N5O2.C12H7NO2/c1-5-13-27(3)14-8-15-28(4)16-17-30-24(31)20-10-7-9-19-22(29(6-2)18-26)12-11-21(23(19)20)25(30)32;14-11-8-5-1-3-7-4-2-6-9(10(7)8)12(15)13-11/h6-7,9-12,18,26H,2,5,8,13-17H2,1,3-4H3;1-6H,(H,13,14,15). The van der Waals surface area contributed by atoms with E-state index in [-0.39, 0.29) is 23.6 Å². The van der Waals surface area contributed by atoms with Gasteiger partial charge in [-0.3, -0.25) is 34.8 Å². The number of hydrogen-bond acceptors (Lipinski definition) is 7. The van der Waals surface area contributed by atoms with Crippen LogP contribution < -0.4 is 10.2 Å². The molecule has 0 aromatic heterocycles. The molecule has 2 aliphatic heterocycles. The Labute approximate surface area is 274 Å². The van der Waals surface area contributed by atoms with Crippen LogP contribution in [-0.4, -0.2) is 91.5 Å². The van der Waals surface area contributed by atoms with Crippen LogP contribution in [0.2, 0.25) is 0 Å². The maximum absolute atomic E-state index is 13.2. The van der Waals surface area contributed by atoms with Gasteiger partial charge in [-0.2, -0.15) is 0 Å². The molecule has 0 radical (unpaired) electrons. The molecule has 4 aromatic rings. The molecule has 0 atom stereocenters. The molecular weight excluding hydrogens is 592 g/mol. The van der Waals surface area contributed by atoms with Crippen LogP contribution in [-0.2, 0) is 0 Å². The van der Waals surface area contributed by atoms with E-state index in [0.29, 0.717) is 40.7 Å². The van der Waals surface area contributed by atoms with Gasteiger partial charge in [0.25, 0.3) is 23.6 Å². The second-order valence-electron chi connectivity index (χ2n) is 11.8. The molecule has 4 amide bonds. The van der Waals surface area contributed by atoms with E-state index in [0.717, 1.165) is 60.7 Å². The Balaban J connectivity index is 0.000000238. The Morgan fingerprint density at radius 3 is 1.91 bits per heavy atom. The van der Waals surface area contributed by atoms with E-state index in [4.69, 9.17) is 5.41 Å². The van der Waals surface area contributed by atoms with Crippen molar-refractivity contribution in [1.29, 1.82) is 5.41 Å². The van der Waals surface area contributed by atoms with Gasteiger partial charge < -0.3 is 14.7 Å². The van der Waals surface area contributed by atoms with Crippen molar-refractivity contribution >= 4 is 57.2 Å². The van der Waals surface area contributed by atoms with Crippen molar-refractivity contribution in [2.45, 2.75) is 19.8 Å². The van der Waals surface area contributed by atoms with E-state index < -0.39 is 0 Å². The first kappa shape index (κ1) is 33.2. The smallest absolute Gasteiger partial charge is 0.261 e. The normalized spacial score (nSPS) is 13.6. The molecule has 47 heavy (non-hydrogen) atoms. The summed E-state index contributed by atoms with van der Waals surface area (Å²) in [6, 6.07) is 19.9. The number of carbonyl (C=O) groups excluding carboxylic acids is 4. The minimum atomic E-state index is -0.315. The van der Waals surface area contributed by atoms with Crippen LogP contribution in [0.15, 0.2) is 79.5 Å². The molecule has 0 aliphatic carbocycles. The van der Waals surface area contributed by atoms with Gasteiger partial charge in [-0.25, -0.2) is 0 Å². The number of carbonyl (C=O) groups is 4. The largest absolute Gasteiger partial charge is 0.308 e. The molecule has 0 fully saturated rings. The van der Waals surface area contributed by atoms with Gasteiger partial charge in [0.05, 0.1) is 12.0 Å². The van der Waals surface area contributed by atoms with Crippen LogP contribution >= 0.6 is 0 Å². The highest BCUT2D eigenvalue weighted by molar-refractivity contribution is 6.27. The summed E-state index contributed by atoms with van der Waals surface area (Å²) in [5, 5.41) is 13.0. The molecule has 2 N–H and O–H groups in total. The first-order chi connectivity index (χ1) is 22.7. The molecule has 0 unspecified atom stereocenters. The number of anilines is 1. The molecular formula is C37H40N6O4. The lowest BCUT2D eigenvalue weighted by Gasteiger charge is -2.30. The second-order valence-corrected chi connectivity index (χ2v) is 11.8. The minimum Gasteiger partial charge on any atom is -0.308 e. The third kappa shape index (κ3) is 6.70. The number of nitrogens with zero attached hydrogens (tertiary/aromatic N) is 4. The number of imide groups is 2. The van der Waals surface area contributed by atoms with E-state index in [1.54, 1.807) is 35.2 Å². The number of likely N-dealkylation sites (N-methyl/N-ethyl adjacent to an activating group) is 1. The average molecular weight is 633 g/mol. The highest BCUT2D eigenvalue weighted by Gasteiger charge is 2.33. The number of benzene rings is 4. The van der Waals surface area contributed by atoms with Gasteiger partial charge >= 0.3 is 0 Å². The molecule has 0 saturated carbocycles. The number of nitrogens with one attached hydrogen (secondary N) is 2. The van der Waals surface area contributed by atoms with E-state index in [9.17, 15) is 19.2 Å². The fraction of sp³-hybridized carbons (Fsp3) is 0.270. The van der Waals surface area contributed by atoms with Gasteiger partial charge in [0.2, 0.25) is 0 Å². The third-order valence-electron chi connectivity index (χ3n) is 8.59. The number of rotatable bonds is 12. The fourth-order valence-electron chi connectivity index (χ4n) is 6.22. The quantitative estimate of drug-likeness (QED) is 0.122. The minimum absolute atomic E-state index is 0.263. The summed E-state index contributed by atoms with van der Waals surface area (Å²) in [7, 11) is 4.16. The van der Waals surface area contributed by atoms with Crippen LogP contribution in [0, 0.1) is 5.41 Å². The first-order valence-electron chi connectivity index (χ1n) is 15.8. The van der Waals surface area contributed by atoms with Gasteiger partial charge in [-0.05, 0) is 82.3 Å². The molecule has 6 rings (SSSR count). The summed E-state index contributed by atoms with van der Waals surface area (Å²) in [5.41, 5.74) is 2.91. The van der Waals surface area contributed by atoms with E-state index in [1.807, 2.05) is 43.4 Å². The lowest BCUT2D eigenvalue weighted by Crippen LogP contribution is -2.44. The zero-order chi connectivity index (χ0) is 33.7. The van der Waals surface area contributed by atoms with Crippen LogP contribution in [0.4, 0.5) is 5.69 Å². The predicted octanol–water partition coefficient (Wildman–Crippen LogP) is 5.38. The average Bonchev–Trinajstić information content (AvgIpc) is 3.07. The Kier molecular flexibility index (Phi) is 10.2. The van der Waals surface area contributed by atoms with E-state index >= 15 is 0 Å². The molecule has 4 aromatic carbocycles. The van der Waals surface area contributed by atoms with E-state index in [2.05, 4.69) is 35.7 Å². The van der Waals surface area contributed by atoms with Crippen molar-refractivity contribution in [2.24, 2.45) is 0 Å². The highest BCUT2D eigenvalue weighted by atomic mass is 16.2. The molecule has 0 spiro atoms. The Hall–Kier alpha value is -5.19. The maximum Gasteiger partial charge on any atom is 0.261 e. The SMILES string of the molecule is C=CN(C=N)c1ccc2c3c(cccc13)C(=O)N(CCN(C)CCCN(C)CCC)C2=O.O=C1NC(=O)c2cccc3cccc1c23. The van der Waals surface area contributed by atoms with Crippen molar-refractivity contribution in [3.63, 3.8) is 0 Å². The molecule has 242 valence electrons. The zero-order valence-electron chi connectivity index (χ0n) is 27.1. The summed E-state index contributed by atoms with van der Waals surface area (Å²) in [5.74, 6) is -1.16. The summed E-state index contributed by atoms with van der Waals surface area (Å²) in [4.78, 5) is 57.0. The third-order valence-corrected chi connectivity index (χ3v) is 8.59. The Morgan fingerprint density at radius 1 is 0.745 bits per heavy atom. The predicted molar refractivity (Wildman–Crippen MR) is 186 cm³/mol. The molecule has 10 nitrogen and oxygen atoms in total. The van der Waals surface area contributed by atoms with Crippen molar-refractivity contribution in [3.8, 4) is 0 Å². The van der Waals surface area contributed by atoms with Gasteiger partial charge in [0.1, 0.15) is 0 Å². The molecule has 10 heteroatoms. The van der Waals surface area contributed by atoms with Gasteiger partial charge in [0.15, 0.2) is 0 Å². The van der Waals surface area contributed by atoms with Crippen LogP contribution in [0.3, 0.4) is 0 Å². The second kappa shape index (κ2) is 14.5. The molecule has 2 aliphatic rings. The summed E-state index contributed by atoms with van der Waals surface area (Å²) in [6.07, 6.45) is 4.89. The van der Waals surface area contributed by atoms with E-state index in [1.165, 1.54) is 11.1 Å². The summed E-state index contributed by atoms with van der Waals surface area (Å²) < 4.78 is 0. The van der Waals surface area contributed by atoms with Crippen LogP contribution in [0.25, 0.3) is 21.5 Å². The van der Waals surface area contributed by atoms with Crippen molar-refractivity contribution in [1.82, 2.24) is 20.0 Å². The van der Waals surface area contributed by atoms with Crippen LogP contribution in [0.1, 0.15) is 61.2 Å². The van der Waals surface area contributed by atoms with Crippen molar-refractivity contribution < 1.29 is 19.2 Å². The summed E-state index contributed by atoms with van der Waals surface area (Å²) >= 11 is 0. The van der Waals surface area contributed by atoms with Gasteiger partial charge in [0, 0.05) is 57.7 Å². The summed E-state index contributed by atoms with van der Waals surface area (Å²) in [6.45, 7) is 9.96. The Bertz CT molecular complexity index is 1810. The van der Waals surface area contributed by atoms with Crippen molar-refractivity contribution in [2.75, 3.05) is 51.7 Å². The molecule has 2 heterocycles. The lowest BCUT2D eigenvalue weighted by atomic mass is 9.92. The maximum atomic E-state index is 13.2. The number of amides is 4. The highest BCUT2D eigenvalue weighted by Crippen LogP contribution is 2.36. The first-order valence-corrected chi connectivity index (χ1v) is 15.8. The van der Waals surface area contributed by atoms with Gasteiger partial charge in [-0.1, -0.05) is 49.9 Å².